The van der Waals surface area contributed by atoms with Gasteiger partial charge in [0, 0.05) is 5.56 Å². The molecule has 0 N–H and O–H groups in total. The summed E-state index contributed by atoms with van der Waals surface area (Å²) in [6.07, 6.45) is 6.65. The first-order valence-corrected chi connectivity index (χ1v) is 4.52. The van der Waals surface area contributed by atoms with Gasteiger partial charge in [-0.25, -0.2) is 0 Å². The Kier molecular flexibility index (Phi) is 2.53. The van der Waals surface area contributed by atoms with E-state index in [1.54, 1.807) is 6.07 Å². The number of hydrogen-bond acceptors (Lipinski definition) is 4. The van der Waals surface area contributed by atoms with E-state index in [-0.39, 0.29) is 5.78 Å². The second-order valence-electron chi connectivity index (χ2n) is 3.02. The molecule has 0 amide bonds. The number of allylic oxidation sites excluding steroid dienone is 2. The second kappa shape index (κ2) is 4.00. The SMILES string of the molecule is O=C(C1=CCCCO1)c1ccnnc1. The van der Waals surface area contributed by atoms with Crippen LogP contribution in [0.4, 0.5) is 0 Å². The lowest BCUT2D eigenvalue weighted by Crippen LogP contribution is -2.11. The average molecular weight is 190 g/mol. The van der Waals surface area contributed by atoms with Crippen LogP contribution in [0.2, 0.25) is 0 Å². The lowest BCUT2D eigenvalue weighted by Gasteiger charge is -2.13. The molecule has 0 spiro atoms. The Bertz CT molecular complexity index is 360. The lowest BCUT2D eigenvalue weighted by atomic mass is 10.1. The van der Waals surface area contributed by atoms with Gasteiger partial charge in [0.25, 0.3) is 0 Å². The standard InChI is InChI=1S/C10H10N2O2/c13-10(8-4-5-11-12-7-8)9-3-1-2-6-14-9/h3-5,7H,1-2,6H2. The predicted octanol–water partition coefficient (Wildman–Crippen LogP) is 1.35. The van der Waals surface area contributed by atoms with Crippen molar-refractivity contribution in [2.75, 3.05) is 6.61 Å². The minimum absolute atomic E-state index is 0.111. The fourth-order valence-corrected chi connectivity index (χ4v) is 1.28. The van der Waals surface area contributed by atoms with E-state index in [9.17, 15) is 4.79 Å². The molecule has 1 aliphatic rings. The molecule has 1 aromatic heterocycles. The molecule has 0 saturated carbocycles. The van der Waals surface area contributed by atoms with Crippen molar-refractivity contribution in [1.82, 2.24) is 10.2 Å². The first-order valence-electron chi connectivity index (χ1n) is 4.52. The first-order chi connectivity index (χ1) is 6.88. The highest BCUT2D eigenvalue weighted by molar-refractivity contribution is 6.07. The van der Waals surface area contributed by atoms with Gasteiger partial charge < -0.3 is 4.74 Å². The Balaban J connectivity index is 2.20. The van der Waals surface area contributed by atoms with E-state index in [0.29, 0.717) is 17.9 Å². The zero-order valence-corrected chi connectivity index (χ0v) is 7.64. The number of aromatic nitrogens is 2. The molecule has 2 rings (SSSR count). The van der Waals surface area contributed by atoms with Gasteiger partial charge in [0.1, 0.15) is 0 Å². The molecule has 4 heteroatoms. The molecule has 1 aromatic rings. The van der Waals surface area contributed by atoms with Gasteiger partial charge in [-0.2, -0.15) is 10.2 Å². The molecule has 0 fully saturated rings. The van der Waals surface area contributed by atoms with Crippen LogP contribution in [0, 0.1) is 0 Å². The van der Waals surface area contributed by atoms with Gasteiger partial charge >= 0.3 is 0 Å². The molecule has 0 saturated heterocycles. The maximum atomic E-state index is 11.7. The van der Waals surface area contributed by atoms with Crippen molar-refractivity contribution < 1.29 is 9.53 Å². The van der Waals surface area contributed by atoms with Crippen LogP contribution < -0.4 is 0 Å². The monoisotopic (exact) mass is 190 g/mol. The molecule has 0 radical (unpaired) electrons. The van der Waals surface area contributed by atoms with Gasteiger partial charge in [-0.05, 0) is 25.0 Å². The number of nitrogens with zero attached hydrogens (tertiary/aromatic N) is 2. The molecule has 14 heavy (non-hydrogen) atoms. The summed E-state index contributed by atoms with van der Waals surface area (Å²) >= 11 is 0. The minimum Gasteiger partial charge on any atom is -0.490 e. The van der Waals surface area contributed by atoms with Crippen molar-refractivity contribution in [2.45, 2.75) is 12.8 Å². The summed E-state index contributed by atoms with van der Waals surface area (Å²) in [5, 5.41) is 7.26. The predicted molar refractivity (Wildman–Crippen MR) is 49.6 cm³/mol. The largest absolute Gasteiger partial charge is 0.490 e. The Hall–Kier alpha value is -1.71. The molecular formula is C10H10N2O2. The smallest absolute Gasteiger partial charge is 0.228 e. The summed E-state index contributed by atoms with van der Waals surface area (Å²) < 4.78 is 5.26. The van der Waals surface area contributed by atoms with Gasteiger partial charge in [0.2, 0.25) is 5.78 Å². The van der Waals surface area contributed by atoms with Crippen molar-refractivity contribution in [2.24, 2.45) is 0 Å². The summed E-state index contributed by atoms with van der Waals surface area (Å²) in [7, 11) is 0. The van der Waals surface area contributed by atoms with E-state index >= 15 is 0 Å². The Morgan fingerprint density at radius 3 is 3.00 bits per heavy atom. The van der Waals surface area contributed by atoms with E-state index in [0.717, 1.165) is 12.8 Å². The maximum Gasteiger partial charge on any atom is 0.228 e. The average Bonchev–Trinajstić information content (AvgIpc) is 2.30. The Morgan fingerprint density at radius 1 is 1.43 bits per heavy atom. The molecular weight excluding hydrogens is 180 g/mol. The second-order valence-corrected chi connectivity index (χ2v) is 3.02. The van der Waals surface area contributed by atoms with Crippen LogP contribution in [0.5, 0.6) is 0 Å². The molecule has 0 unspecified atom stereocenters. The van der Waals surface area contributed by atoms with E-state index in [2.05, 4.69) is 10.2 Å². The van der Waals surface area contributed by atoms with Gasteiger partial charge in [-0.1, -0.05) is 0 Å². The van der Waals surface area contributed by atoms with E-state index in [1.165, 1.54) is 12.4 Å². The molecule has 0 atom stereocenters. The number of hydrogen-bond donors (Lipinski definition) is 0. The van der Waals surface area contributed by atoms with Gasteiger partial charge in [-0.3, -0.25) is 4.79 Å². The van der Waals surface area contributed by atoms with Crippen LogP contribution in [0.15, 0.2) is 30.3 Å². The molecule has 2 heterocycles. The van der Waals surface area contributed by atoms with E-state index in [4.69, 9.17) is 4.74 Å². The number of carbonyl (C=O) groups excluding carboxylic acids is 1. The molecule has 72 valence electrons. The summed E-state index contributed by atoms with van der Waals surface area (Å²) in [6, 6.07) is 1.63. The Labute approximate surface area is 81.6 Å². The molecule has 0 bridgehead atoms. The lowest BCUT2D eigenvalue weighted by molar-refractivity contribution is 0.0898. The first kappa shape index (κ1) is 8.87. The van der Waals surface area contributed by atoms with Crippen molar-refractivity contribution in [1.29, 1.82) is 0 Å². The highest BCUT2D eigenvalue weighted by Crippen LogP contribution is 2.14. The van der Waals surface area contributed by atoms with Crippen LogP contribution in [0.25, 0.3) is 0 Å². The van der Waals surface area contributed by atoms with Gasteiger partial charge in [0.15, 0.2) is 5.76 Å². The quantitative estimate of drug-likeness (QED) is 0.660. The highest BCUT2D eigenvalue weighted by Gasteiger charge is 2.15. The van der Waals surface area contributed by atoms with Gasteiger partial charge in [-0.15, -0.1) is 0 Å². The van der Waals surface area contributed by atoms with Gasteiger partial charge in [0.05, 0.1) is 19.0 Å². The summed E-state index contributed by atoms with van der Waals surface area (Å²) in [5.74, 6) is 0.323. The summed E-state index contributed by atoms with van der Waals surface area (Å²) in [4.78, 5) is 11.7. The Morgan fingerprint density at radius 2 is 2.36 bits per heavy atom. The summed E-state index contributed by atoms with van der Waals surface area (Å²) in [6.45, 7) is 0.621. The number of ether oxygens (including phenoxy) is 1. The van der Waals surface area contributed by atoms with E-state index < -0.39 is 0 Å². The number of ketones is 1. The van der Waals surface area contributed by atoms with Crippen molar-refractivity contribution in [3.8, 4) is 0 Å². The van der Waals surface area contributed by atoms with Crippen LogP contribution in [0.1, 0.15) is 23.2 Å². The number of rotatable bonds is 2. The zero-order chi connectivity index (χ0) is 9.80. The minimum atomic E-state index is -0.111. The number of carbonyl (C=O) groups is 1. The zero-order valence-electron chi connectivity index (χ0n) is 7.64. The topological polar surface area (TPSA) is 52.1 Å². The van der Waals surface area contributed by atoms with Crippen LogP contribution in [-0.4, -0.2) is 22.6 Å². The van der Waals surface area contributed by atoms with Crippen LogP contribution >= 0.6 is 0 Å². The summed E-state index contributed by atoms with van der Waals surface area (Å²) in [5.41, 5.74) is 0.521. The van der Waals surface area contributed by atoms with Crippen LogP contribution in [0.3, 0.4) is 0 Å². The maximum absolute atomic E-state index is 11.7. The van der Waals surface area contributed by atoms with Crippen LogP contribution in [-0.2, 0) is 4.74 Å². The molecule has 0 aromatic carbocycles. The van der Waals surface area contributed by atoms with Crippen molar-refractivity contribution >= 4 is 5.78 Å². The molecule has 0 aliphatic carbocycles. The normalized spacial score (nSPS) is 15.6. The third-order valence-corrected chi connectivity index (χ3v) is 2.01. The van der Waals surface area contributed by atoms with Crippen molar-refractivity contribution in [3.05, 3.63) is 35.9 Å². The van der Waals surface area contributed by atoms with Crippen molar-refractivity contribution in [3.63, 3.8) is 0 Å². The van der Waals surface area contributed by atoms with E-state index in [1.807, 2.05) is 6.08 Å². The molecule has 4 nitrogen and oxygen atoms in total. The highest BCUT2D eigenvalue weighted by atomic mass is 16.5. The third-order valence-electron chi connectivity index (χ3n) is 2.01. The third kappa shape index (κ3) is 1.79. The fourth-order valence-electron chi connectivity index (χ4n) is 1.28. The number of Topliss-reactive ketones (excluding diaryl/α,β-unsaturated/α-hetero) is 1. The fraction of sp³-hybridized carbons (Fsp3) is 0.300. The molecule has 1 aliphatic heterocycles.